The number of nitrogens with one attached hydrogen (secondary N) is 1. The van der Waals surface area contributed by atoms with E-state index in [1.165, 1.54) is 43.5 Å². The third-order valence-corrected chi connectivity index (χ3v) is 7.70. The van der Waals surface area contributed by atoms with Crippen molar-refractivity contribution in [2.24, 2.45) is 5.92 Å². The van der Waals surface area contributed by atoms with Crippen LogP contribution in [0, 0.1) is 5.92 Å². The maximum atomic E-state index is 12.4. The number of nitrogens with zero attached hydrogens (tertiary/aromatic N) is 1. The van der Waals surface area contributed by atoms with Gasteiger partial charge in [-0.15, -0.1) is 0 Å². The topological polar surface area (TPSA) is 83.5 Å². The van der Waals surface area contributed by atoms with Crippen molar-refractivity contribution in [2.45, 2.75) is 42.9 Å². The molecule has 1 aliphatic rings. The molecule has 0 aromatic heterocycles. The second-order valence-corrected chi connectivity index (χ2v) is 10.7. The fourth-order valence-corrected chi connectivity index (χ4v) is 5.02. The van der Waals surface area contributed by atoms with Gasteiger partial charge in [-0.25, -0.2) is 21.6 Å². The predicted molar refractivity (Wildman–Crippen MR) is 98.8 cm³/mol. The van der Waals surface area contributed by atoms with Crippen LogP contribution >= 0.6 is 0 Å². The number of hydrogen-bond donors (Lipinski definition) is 1. The van der Waals surface area contributed by atoms with Crippen molar-refractivity contribution in [3.05, 3.63) is 24.3 Å². The second-order valence-electron chi connectivity index (χ2n) is 6.69. The van der Waals surface area contributed by atoms with Crippen LogP contribution in [0.5, 0.6) is 0 Å². The van der Waals surface area contributed by atoms with Crippen LogP contribution in [0.15, 0.2) is 34.1 Å². The van der Waals surface area contributed by atoms with Gasteiger partial charge in [0.25, 0.3) is 0 Å². The van der Waals surface area contributed by atoms with E-state index in [2.05, 4.69) is 9.62 Å². The zero-order valence-electron chi connectivity index (χ0n) is 14.9. The van der Waals surface area contributed by atoms with E-state index in [0.717, 1.165) is 19.6 Å². The van der Waals surface area contributed by atoms with E-state index in [9.17, 15) is 16.8 Å². The summed E-state index contributed by atoms with van der Waals surface area (Å²) in [4.78, 5) is 2.62. The van der Waals surface area contributed by atoms with E-state index in [0.29, 0.717) is 6.54 Å². The van der Waals surface area contributed by atoms with Gasteiger partial charge < -0.3 is 4.90 Å². The van der Waals surface area contributed by atoms with Crippen LogP contribution in [0.1, 0.15) is 33.1 Å². The second kappa shape index (κ2) is 8.62. The predicted octanol–water partition coefficient (Wildman–Crippen LogP) is 1.88. The van der Waals surface area contributed by atoms with Crippen molar-refractivity contribution in [3.63, 3.8) is 0 Å². The summed E-state index contributed by atoms with van der Waals surface area (Å²) in [6.07, 6.45) is 3.71. The Morgan fingerprint density at radius 2 is 1.56 bits per heavy atom. The molecular weight excluding hydrogens is 360 g/mol. The summed E-state index contributed by atoms with van der Waals surface area (Å²) in [6, 6.07) is 5.40. The number of sulfone groups is 1. The highest BCUT2D eigenvalue weighted by Gasteiger charge is 2.19. The number of rotatable bonds is 8. The van der Waals surface area contributed by atoms with Crippen LogP contribution in [0.25, 0.3) is 0 Å². The number of sulfonamides is 1. The number of piperidine rings is 1. The van der Waals surface area contributed by atoms with E-state index in [4.69, 9.17) is 0 Å². The van der Waals surface area contributed by atoms with Crippen LogP contribution in [-0.2, 0) is 19.9 Å². The minimum atomic E-state index is -3.63. The van der Waals surface area contributed by atoms with Gasteiger partial charge in [0, 0.05) is 13.1 Å². The average molecular weight is 389 g/mol. The van der Waals surface area contributed by atoms with E-state index in [-0.39, 0.29) is 21.5 Å². The van der Waals surface area contributed by atoms with Crippen LogP contribution in [0.2, 0.25) is 0 Å². The monoisotopic (exact) mass is 388 g/mol. The summed E-state index contributed by atoms with van der Waals surface area (Å²) < 4.78 is 51.0. The van der Waals surface area contributed by atoms with Crippen molar-refractivity contribution in [3.8, 4) is 0 Å². The van der Waals surface area contributed by atoms with E-state index in [1.54, 1.807) is 6.92 Å². The number of hydrogen-bond acceptors (Lipinski definition) is 5. The van der Waals surface area contributed by atoms with Crippen LogP contribution < -0.4 is 4.72 Å². The van der Waals surface area contributed by atoms with Crippen molar-refractivity contribution in [2.75, 3.05) is 31.9 Å². The zero-order valence-corrected chi connectivity index (χ0v) is 16.6. The minimum absolute atomic E-state index is 0.00857. The summed E-state index contributed by atoms with van der Waals surface area (Å²) in [5.74, 6) is 0.207. The quantitative estimate of drug-likeness (QED) is 0.735. The van der Waals surface area contributed by atoms with Crippen LogP contribution in [0.4, 0.5) is 0 Å². The van der Waals surface area contributed by atoms with E-state index in [1.807, 2.05) is 6.92 Å². The molecule has 0 aliphatic carbocycles. The molecule has 0 unspecified atom stereocenters. The van der Waals surface area contributed by atoms with Gasteiger partial charge in [0.1, 0.15) is 0 Å². The Hall–Kier alpha value is -0.960. The van der Waals surface area contributed by atoms with Crippen molar-refractivity contribution >= 4 is 19.9 Å². The first-order chi connectivity index (χ1) is 11.7. The molecule has 1 aromatic carbocycles. The molecule has 1 atom stereocenters. The first kappa shape index (κ1) is 20.4. The molecule has 2 rings (SSSR count). The fourth-order valence-electron chi connectivity index (χ4n) is 2.98. The molecule has 142 valence electrons. The van der Waals surface area contributed by atoms with Gasteiger partial charge in [-0.3, -0.25) is 0 Å². The Balaban J connectivity index is 1.94. The molecule has 0 amide bonds. The Morgan fingerprint density at radius 1 is 1.00 bits per heavy atom. The summed E-state index contributed by atoms with van der Waals surface area (Å²) in [5, 5.41) is 0. The normalized spacial score (nSPS) is 18.2. The molecule has 0 spiro atoms. The summed E-state index contributed by atoms with van der Waals surface area (Å²) in [6.45, 7) is 7.03. The van der Waals surface area contributed by atoms with Gasteiger partial charge in [0.15, 0.2) is 9.84 Å². The smallest absolute Gasteiger partial charge is 0.240 e. The summed E-state index contributed by atoms with van der Waals surface area (Å²) in [5.41, 5.74) is 0. The molecular formula is C17H28N2O4S2. The Kier molecular flexibility index (Phi) is 7.01. The Bertz CT molecular complexity index is 752. The molecule has 1 aliphatic heterocycles. The number of benzene rings is 1. The average Bonchev–Trinajstić information content (AvgIpc) is 2.61. The molecule has 8 heteroatoms. The molecule has 1 N–H and O–H groups in total. The molecule has 6 nitrogen and oxygen atoms in total. The molecule has 1 heterocycles. The maximum Gasteiger partial charge on any atom is 0.240 e. The van der Waals surface area contributed by atoms with Gasteiger partial charge in [-0.2, -0.15) is 0 Å². The lowest BCUT2D eigenvalue weighted by atomic mass is 10.1. The maximum absolute atomic E-state index is 12.4. The van der Waals surface area contributed by atoms with Crippen molar-refractivity contribution in [1.29, 1.82) is 0 Å². The van der Waals surface area contributed by atoms with E-state index >= 15 is 0 Å². The molecule has 0 radical (unpaired) electrons. The summed E-state index contributed by atoms with van der Waals surface area (Å²) >= 11 is 0. The third kappa shape index (κ3) is 5.77. The first-order valence-corrected chi connectivity index (χ1v) is 11.9. The SMILES string of the molecule is CCS(=O)(=O)c1ccc(S(=O)(=O)NC[C@H](C)CN2CCCCC2)cc1. The van der Waals surface area contributed by atoms with Crippen LogP contribution in [-0.4, -0.2) is 53.7 Å². The van der Waals surface area contributed by atoms with Gasteiger partial charge in [0.2, 0.25) is 10.0 Å². The lowest BCUT2D eigenvalue weighted by Gasteiger charge is -2.29. The lowest BCUT2D eigenvalue weighted by Crippen LogP contribution is -2.38. The highest BCUT2D eigenvalue weighted by Crippen LogP contribution is 2.16. The van der Waals surface area contributed by atoms with E-state index < -0.39 is 19.9 Å². The lowest BCUT2D eigenvalue weighted by molar-refractivity contribution is 0.201. The molecule has 0 bridgehead atoms. The molecule has 1 saturated heterocycles. The van der Waals surface area contributed by atoms with Gasteiger partial charge in [-0.05, 0) is 56.1 Å². The summed E-state index contributed by atoms with van der Waals surface area (Å²) in [7, 11) is -6.95. The molecule has 1 aromatic rings. The molecule has 25 heavy (non-hydrogen) atoms. The van der Waals surface area contributed by atoms with Crippen molar-refractivity contribution in [1.82, 2.24) is 9.62 Å². The zero-order chi connectivity index (χ0) is 18.5. The van der Waals surface area contributed by atoms with Gasteiger partial charge in [0.05, 0.1) is 15.5 Å². The highest BCUT2D eigenvalue weighted by molar-refractivity contribution is 7.91. The largest absolute Gasteiger partial charge is 0.303 e. The fraction of sp³-hybridized carbons (Fsp3) is 0.647. The van der Waals surface area contributed by atoms with Crippen LogP contribution in [0.3, 0.4) is 0 Å². The third-order valence-electron chi connectivity index (χ3n) is 4.51. The number of likely N-dealkylation sites (tertiary alicyclic amines) is 1. The Labute approximate surface area is 151 Å². The van der Waals surface area contributed by atoms with Gasteiger partial charge >= 0.3 is 0 Å². The van der Waals surface area contributed by atoms with Crippen molar-refractivity contribution < 1.29 is 16.8 Å². The molecule has 0 saturated carbocycles. The molecule has 1 fully saturated rings. The van der Waals surface area contributed by atoms with Gasteiger partial charge in [-0.1, -0.05) is 20.3 Å². The minimum Gasteiger partial charge on any atom is -0.303 e. The highest BCUT2D eigenvalue weighted by atomic mass is 32.2. The Morgan fingerprint density at radius 3 is 2.12 bits per heavy atom. The standard InChI is InChI=1S/C17H28N2O4S2/c1-3-24(20,21)16-7-9-17(10-8-16)25(22,23)18-13-15(2)14-19-11-5-4-6-12-19/h7-10,15,18H,3-6,11-14H2,1-2H3/t15-/m0/s1. The first-order valence-electron chi connectivity index (χ1n) is 8.79.